The van der Waals surface area contributed by atoms with Gasteiger partial charge in [-0.25, -0.2) is 0 Å². The van der Waals surface area contributed by atoms with E-state index in [2.05, 4.69) is 16.0 Å². The summed E-state index contributed by atoms with van der Waals surface area (Å²) in [6.45, 7) is 2.42. The SMILES string of the molecule is CNCC(C)C(=O)Nc1ccccc1C(=O)NC.Cl. The zero-order valence-electron chi connectivity index (χ0n) is 11.3. The van der Waals surface area contributed by atoms with Gasteiger partial charge in [-0.3, -0.25) is 9.59 Å². The zero-order valence-corrected chi connectivity index (χ0v) is 12.1. The fraction of sp³-hybridized carbons (Fsp3) is 0.385. The highest BCUT2D eigenvalue weighted by Gasteiger charge is 2.15. The molecular weight excluding hydrogens is 266 g/mol. The Hall–Kier alpha value is -1.59. The monoisotopic (exact) mass is 285 g/mol. The number of carbonyl (C=O) groups is 2. The van der Waals surface area contributed by atoms with Crippen molar-refractivity contribution in [2.75, 3.05) is 26.0 Å². The van der Waals surface area contributed by atoms with E-state index in [1.165, 1.54) is 0 Å². The van der Waals surface area contributed by atoms with Crippen LogP contribution in [0.15, 0.2) is 24.3 Å². The third kappa shape index (κ3) is 4.89. The number of benzene rings is 1. The van der Waals surface area contributed by atoms with E-state index in [1.54, 1.807) is 38.4 Å². The number of hydrogen-bond donors (Lipinski definition) is 3. The van der Waals surface area contributed by atoms with Crippen LogP contribution >= 0.6 is 12.4 Å². The number of anilines is 1. The molecular formula is C13H20ClN3O2. The molecule has 0 saturated carbocycles. The van der Waals surface area contributed by atoms with Crippen LogP contribution in [0.3, 0.4) is 0 Å². The summed E-state index contributed by atoms with van der Waals surface area (Å²) in [6.07, 6.45) is 0. The summed E-state index contributed by atoms with van der Waals surface area (Å²) >= 11 is 0. The zero-order chi connectivity index (χ0) is 13.5. The lowest BCUT2D eigenvalue weighted by Gasteiger charge is -2.14. The molecule has 0 heterocycles. The average Bonchev–Trinajstić information content (AvgIpc) is 2.38. The molecule has 1 unspecified atom stereocenters. The molecule has 0 aromatic heterocycles. The van der Waals surface area contributed by atoms with Crippen molar-refractivity contribution < 1.29 is 9.59 Å². The smallest absolute Gasteiger partial charge is 0.253 e. The topological polar surface area (TPSA) is 70.2 Å². The maximum Gasteiger partial charge on any atom is 0.253 e. The number of hydrogen-bond acceptors (Lipinski definition) is 3. The maximum atomic E-state index is 11.9. The minimum Gasteiger partial charge on any atom is -0.355 e. The Morgan fingerprint density at radius 1 is 1.21 bits per heavy atom. The van der Waals surface area contributed by atoms with E-state index >= 15 is 0 Å². The molecule has 1 aromatic rings. The van der Waals surface area contributed by atoms with Crippen LogP contribution < -0.4 is 16.0 Å². The molecule has 1 rings (SSSR count). The molecule has 3 N–H and O–H groups in total. The molecule has 0 fully saturated rings. The van der Waals surface area contributed by atoms with Gasteiger partial charge in [0.05, 0.1) is 11.3 Å². The second kappa shape index (κ2) is 8.50. The Morgan fingerprint density at radius 3 is 2.42 bits per heavy atom. The number of halogens is 1. The van der Waals surface area contributed by atoms with Gasteiger partial charge in [0.25, 0.3) is 5.91 Å². The maximum absolute atomic E-state index is 11.9. The molecule has 0 aliphatic carbocycles. The van der Waals surface area contributed by atoms with Crippen LogP contribution in [-0.4, -0.2) is 32.5 Å². The highest BCUT2D eigenvalue weighted by atomic mass is 35.5. The number of rotatable bonds is 5. The number of para-hydroxylation sites is 1. The minimum absolute atomic E-state index is 0. The van der Waals surface area contributed by atoms with Gasteiger partial charge >= 0.3 is 0 Å². The van der Waals surface area contributed by atoms with Crippen LogP contribution in [0.2, 0.25) is 0 Å². The predicted octanol–water partition coefficient (Wildman–Crippen LogP) is 1.26. The molecule has 0 radical (unpaired) electrons. The normalized spacial score (nSPS) is 11.1. The molecule has 5 nitrogen and oxygen atoms in total. The summed E-state index contributed by atoms with van der Waals surface area (Å²) in [5.41, 5.74) is 0.995. The first-order chi connectivity index (χ1) is 8.60. The standard InChI is InChI=1S/C13H19N3O2.ClH/c1-9(8-14-2)12(17)16-11-7-5-4-6-10(11)13(18)15-3;/h4-7,9,14H,8H2,1-3H3,(H,15,18)(H,16,17);1H. The first kappa shape index (κ1) is 17.4. The van der Waals surface area contributed by atoms with Gasteiger partial charge in [-0.15, -0.1) is 12.4 Å². The molecule has 106 valence electrons. The van der Waals surface area contributed by atoms with Crippen molar-refractivity contribution in [1.29, 1.82) is 0 Å². The molecule has 0 spiro atoms. The van der Waals surface area contributed by atoms with E-state index in [-0.39, 0.29) is 30.1 Å². The van der Waals surface area contributed by atoms with Gasteiger partial charge in [0.2, 0.25) is 5.91 Å². The number of amides is 2. The van der Waals surface area contributed by atoms with Gasteiger partial charge in [0, 0.05) is 19.5 Å². The first-order valence-electron chi connectivity index (χ1n) is 5.86. The highest BCUT2D eigenvalue weighted by Crippen LogP contribution is 2.15. The Kier molecular flexibility index (Phi) is 7.79. The lowest BCUT2D eigenvalue weighted by Crippen LogP contribution is -2.29. The molecule has 0 aliphatic rings. The summed E-state index contributed by atoms with van der Waals surface area (Å²) in [5, 5.41) is 8.26. The summed E-state index contributed by atoms with van der Waals surface area (Å²) < 4.78 is 0. The van der Waals surface area contributed by atoms with Crippen LogP contribution in [0.25, 0.3) is 0 Å². The van der Waals surface area contributed by atoms with Crippen LogP contribution in [0.4, 0.5) is 5.69 Å². The third-order valence-electron chi connectivity index (χ3n) is 2.61. The van der Waals surface area contributed by atoms with Crippen molar-refractivity contribution >= 4 is 29.9 Å². The number of carbonyl (C=O) groups excluding carboxylic acids is 2. The Balaban J connectivity index is 0.00000324. The largest absolute Gasteiger partial charge is 0.355 e. The van der Waals surface area contributed by atoms with Gasteiger partial charge in [0.15, 0.2) is 0 Å². The molecule has 6 heteroatoms. The van der Waals surface area contributed by atoms with Gasteiger partial charge in [0.1, 0.15) is 0 Å². The van der Waals surface area contributed by atoms with Crippen LogP contribution in [0, 0.1) is 5.92 Å². The second-order valence-corrected chi connectivity index (χ2v) is 4.07. The molecule has 0 bridgehead atoms. The summed E-state index contributed by atoms with van der Waals surface area (Å²) in [4.78, 5) is 23.5. The molecule has 19 heavy (non-hydrogen) atoms. The van der Waals surface area contributed by atoms with Gasteiger partial charge in [-0.05, 0) is 19.2 Å². The minimum atomic E-state index is -0.216. The van der Waals surface area contributed by atoms with E-state index in [1.807, 2.05) is 6.92 Å². The fourth-order valence-corrected chi connectivity index (χ4v) is 1.58. The quantitative estimate of drug-likeness (QED) is 0.763. The van der Waals surface area contributed by atoms with Crippen molar-refractivity contribution in [3.63, 3.8) is 0 Å². The summed E-state index contributed by atoms with van der Waals surface area (Å²) in [6, 6.07) is 6.94. The Morgan fingerprint density at radius 2 is 1.84 bits per heavy atom. The molecule has 1 atom stereocenters. The first-order valence-corrected chi connectivity index (χ1v) is 5.86. The van der Waals surface area contributed by atoms with Crippen LogP contribution in [0.1, 0.15) is 17.3 Å². The van der Waals surface area contributed by atoms with Gasteiger partial charge in [-0.2, -0.15) is 0 Å². The van der Waals surface area contributed by atoms with Crippen LogP contribution in [0.5, 0.6) is 0 Å². The summed E-state index contributed by atoms with van der Waals surface area (Å²) in [5.74, 6) is -0.486. The number of nitrogens with one attached hydrogen (secondary N) is 3. The van der Waals surface area contributed by atoms with E-state index < -0.39 is 0 Å². The van der Waals surface area contributed by atoms with Gasteiger partial charge in [-0.1, -0.05) is 19.1 Å². The highest BCUT2D eigenvalue weighted by molar-refractivity contribution is 6.04. The fourth-order valence-electron chi connectivity index (χ4n) is 1.58. The van der Waals surface area contributed by atoms with Crippen molar-refractivity contribution in [2.45, 2.75) is 6.92 Å². The van der Waals surface area contributed by atoms with E-state index in [0.717, 1.165) is 0 Å². The third-order valence-corrected chi connectivity index (χ3v) is 2.61. The van der Waals surface area contributed by atoms with Crippen molar-refractivity contribution in [1.82, 2.24) is 10.6 Å². The van der Waals surface area contributed by atoms with E-state index in [9.17, 15) is 9.59 Å². The lowest BCUT2D eigenvalue weighted by atomic mass is 10.1. The molecule has 1 aromatic carbocycles. The lowest BCUT2D eigenvalue weighted by molar-refractivity contribution is -0.119. The Bertz CT molecular complexity index is 438. The molecule has 2 amide bonds. The summed E-state index contributed by atoms with van der Waals surface area (Å²) in [7, 11) is 3.35. The molecule has 0 aliphatic heterocycles. The van der Waals surface area contributed by atoms with Crippen LogP contribution in [-0.2, 0) is 4.79 Å². The van der Waals surface area contributed by atoms with Gasteiger partial charge < -0.3 is 16.0 Å². The van der Waals surface area contributed by atoms with E-state index in [4.69, 9.17) is 0 Å². The average molecular weight is 286 g/mol. The predicted molar refractivity (Wildman–Crippen MR) is 78.8 cm³/mol. The van der Waals surface area contributed by atoms with Crippen molar-refractivity contribution in [2.24, 2.45) is 5.92 Å². The second-order valence-electron chi connectivity index (χ2n) is 4.07. The van der Waals surface area contributed by atoms with Crippen molar-refractivity contribution in [3.8, 4) is 0 Å². The van der Waals surface area contributed by atoms with E-state index in [0.29, 0.717) is 17.8 Å². The molecule has 0 saturated heterocycles. The van der Waals surface area contributed by atoms with Crippen molar-refractivity contribution in [3.05, 3.63) is 29.8 Å². The Labute approximate surface area is 119 Å².